The molecule has 1 fully saturated rings. The van der Waals surface area contributed by atoms with Gasteiger partial charge in [0, 0.05) is 13.1 Å². The van der Waals surface area contributed by atoms with Crippen molar-refractivity contribution >= 4 is 40.8 Å². The van der Waals surface area contributed by atoms with Crippen molar-refractivity contribution in [3.8, 4) is 0 Å². The zero-order valence-corrected chi connectivity index (χ0v) is 12.6. The van der Waals surface area contributed by atoms with Crippen LogP contribution in [0, 0.1) is 6.92 Å². The van der Waals surface area contributed by atoms with E-state index in [0.717, 1.165) is 23.3 Å². The van der Waals surface area contributed by atoms with Gasteiger partial charge < -0.3 is 4.90 Å². The second kappa shape index (κ2) is 5.56. The second-order valence-electron chi connectivity index (χ2n) is 4.09. The van der Waals surface area contributed by atoms with Crippen LogP contribution in [0.5, 0.6) is 0 Å². The summed E-state index contributed by atoms with van der Waals surface area (Å²) < 4.78 is 4.94. The summed E-state index contributed by atoms with van der Waals surface area (Å²) in [5.74, 6) is 1.41. The third-order valence-corrected chi connectivity index (χ3v) is 4.53. The number of anilines is 1. The van der Waals surface area contributed by atoms with Gasteiger partial charge >= 0.3 is 0 Å². The highest BCUT2D eigenvalue weighted by atomic mass is 35.5. The zero-order valence-electron chi connectivity index (χ0n) is 10.2. The molecule has 19 heavy (non-hydrogen) atoms. The fraction of sp³-hybridized carbons (Fsp3) is 0.500. The first-order valence-electron chi connectivity index (χ1n) is 5.85. The average molecular weight is 315 g/mol. The third-order valence-electron chi connectivity index (χ3n) is 2.65. The number of rotatable bonds is 3. The molecular weight excluding hydrogens is 304 g/mol. The van der Waals surface area contributed by atoms with Crippen molar-refractivity contribution in [2.24, 2.45) is 0 Å². The summed E-state index contributed by atoms with van der Waals surface area (Å²) in [6.45, 7) is 3.81. The van der Waals surface area contributed by atoms with Crippen molar-refractivity contribution < 1.29 is 0 Å². The smallest absolute Gasteiger partial charge is 0.230 e. The van der Waals surface area contributed by atoms with Gasteiger partial charge in [0.25, 0.3) is 0 Å². The molecule has 0 amide bonds. The summed E-state index contributed by atoms with van der Waals surface area (Å²) >= 11 is 8.67. The molecule has 0 N–H and O–H groups in total. The normalized spacial score (nSPS) is 15.2. The number of aromatic nitrogens is 5. The predicted octanol–water partition coefficient (Wildman–Crippen LogP) is 2.44. The molecule has 0 atom stereocenters. The number of halogens is 1. The van der Waals surface area contributed by atoms with E-state index in [0.29, 0.717) is 11.1 Å². The minimum absolute atomic E-state index is 0.223. The van der Waals surface area contributed by atoms with Gasteiger partial charge in [-0.1, -0.05) is 0 Å². The first-order chi connectivity index (χ1) is 9.20. The predicted molar refractivity (Wildman–Crippen MR) is 75.1 cm³/mol. The lowest BCUT2D eigenvalue weighted by Gasteiger charge is -2.14. The van der Waals surface area contributed by atoms with Crippen molar-refractivity contribution in [2.75, 3.05) is 18.0 Å². The number of hydrogen-bond acceptors (Lipinski definition) is 8. The minimum atomic E-state index is 0.223. The van der Waals surface area contributed by atoms with Crippen LogP contribution in [-0.2, 0) is 0 Å². The van der Waals surface area contributed by atoms with E-state index in [4.69, 9.17) is 11.6 Å². The lowest BCUT2D eigenvalue weighted by Crippen LogP contribution is -2.21. The molecule has 1 aliphatic rings. The SMILES string of the molecule is Cc1nsc(Sc2nc(Cl)nc(N3CCCC3)n2)n1. The minimum Gasteiger partial charge on any atom is -0.341 e. The van der Waals surface area contributed by atoms with Gasteiger partial charge in [-0.25, -0.2) is 4.98 Å². The van der Waals surface area contributed by atoms with Crippen LogP contribution in [0.2, 0.25) is 5.28 Å². The van der Waals surface area contributed by atoms with Gasteiger partial charge in [-0.2, -0.15) is 19.3 Å². The molecule has 0 aliphatic carbocycles. The van der Waals surface area contributed by atoms with Crippen molar-refractivity contribution in [3.05, 3.63) is 11.1 Å². The monoisotopic (exact) mass is 314 g/mol. The fourth-order valence-electron chi connectivity index (χ4n) is 1.82. The molecule has 0 spiro atoms. The van der Waals surface area contributed by atoms with Gasteiger partial charge in [0.05, 0.1) is 0 Å². The van der Waals surface area contributed by atoms with Gasteiger partial charge in [0.1, 0.15) is 5.82 Å². The molecule has 6 nitrogen and oxygen atoms in total. The van der Waals surface area contributed by atoms with E-state index >= 15 is 0 Å². The van der Waals surface area contributed by atoms with Crippen LogP contribution in [0.3, 0.4) is 0 Å². The maximum atomic E-state index is 5.97. The summed E-state index contributed by atoms with van der Waals surface area (Å²) in [7, 11) is 0. The Morgan fingerprint density at radius 1 is 1.16 bits per heavy atom. The topological polar surface area (TPSA) is 67.7 Å². The van der Waals surface area contributed by atoms with Crippen LogP contribution < -0.4 is 4.90 Å². The van der Waals surface area contributed by atoms with Crippen molar-refractivity contribution in [3.63, 3.8) is 0 Å². The van der Waals surface area contributed by atoms with Crippen molar-refractivity contribution in [1.29, 1.82) is 0 Å². The van der Waals surface area contributed by atoms with Crippen molar-refractivity contribution in [2.45, 2.75) is 29.3 Å². The van der Waals surface area contributed by atoms with E-state index in [1.165, 1.54) is 36.1 Å². The van der Waals surface area contributed by atoms with Gasteiger partial charge in [-0.3, -0.25) is 0 Å². The zero-order chi connectivity index (χ0) is 13.2. The molecule has 2 aromatic rings. The van der Waals surface area contributed by atoms with Gasteiger partial charge in [0.15, 0.2) is 4.34 Å². The molecule has 1 saturated heterocycles. The first kappa shape index (κ1) is 13.0. The summed E-state index contributed by atoms with van der Waals surface area (Å²) in [5, 5.41) is 0.790. The van der Waals surface area contributed by atoms with E-state index in [9.17, 15) is 0 Å². The highest BCUT2D eigenvalue weighted by Gasteiger charge is 2.17. The quantitative estimate of drug-likeness (QED) is 0.861. The van der Waals surface area contributed by atoms with E-state index < -0.39 is 0 Å². The molecular formula is C10H11ClN6S2. The molecule has 9 heteroatoms. The lowest BCUT2D eigenvalue weighted by molar-refractivity contribution is 0.826. The molecule has 2 aromatic heterocycles. The molecule has 0 saturated carbocycles. The standard InChI is InChI=1S/C10H11ClN6S2/c1-6-12-10(19-16-6)18-9-14-7(11)13-8(15-9)17-4-2-3-5-17/h2-5H2,1H3. The number of aryl methyl sites for hydroxylation is 1. The Kier molecular flexibility index (Phi) is 3.81. The average Bonchev–Trinajstić information content (AvgIpc) is 3.00. The molecule has 0 unspecified atom stereocenters. The molecule has 0 radical (unpaired) electrons. The fourth-order valence-corrected chi connectivity index (χ4v) is 3.53. The highest BCUT2D eigenvalue weighted by Crippen LogP contribution is 2.28. The van der Waals surface area contributed by atoms with Crippen LogP contribution in [0.4, 0.5) is 5.95 Å². The van der Waals surface area contributed by atoms with Gasteiger partial charge in [0.2, 0.25) is 16.4 Å². The second-order valence-corrected chi connectivity index (χ2v) is 6.40. The summed E-state index contributed by atoms with van der Waals surface area (Å²) in [4.78, 5) is 19.2. The van der Waals surface area contributed by atoms with Crippen LogP contribution in [0.1, 0.15) is 18.7 Å². The van der Waals surface area contributed by atoms with E-state index in [1.807, 2.05) is 6.92 Å². The van der Waals surface area contributed by atoms with E-state index in [-0.39, 0.29) is 5.28 Å². The molecule has 0 bridgehead atoms. The lowest BCUT2D eigenvalue weighted by atomic mass is 10.4. The molecule has 3 rings (SSSR count). The Morgan fingerprint density at radius 3 is 2.63 bits per heavy atom. The third kappa shape index (κ3) is 3.13. The Bertz CT molecular complexity index is 583. The Balaban J connectivity index is 1.84. The van der Waals surface area contributed by atoms with Crippen molar-refractivity contribution in [1.82, 2.24) is 24.3 Å². The molecule has 3 heterocycles. The summed E-state index contributed by atoms with van der Waals surface area (Å²) in [5.41, 5.74) is 0. The van der Waals surface area contributed by atoms with E-state index in [2.05, 4.69) is 29.2 Å². The van der Waals surface area contributed by atoms with Gasteiger partial charge in [-0.05, 0) is 54.7 Å². The molecule has 1 aliphatic heterocycles. The Morgan fingerprint density at radius 2 is 1.95 bits per heavy atom. The molecule has 0 aromatic carbocycles. The van der Waals surface area contributed by atoms with E-state index in [1.54, 1.807) is 0 Å². The first-order valence-corrected chi connectivity index (χ1v) is 7.82. The molecule has 100 valence electrons. The Labute approximate surface area is 123 Å². The maximum Gasteiger partial charge on any atom is 0.230 e. The van der Waals surface area contributed by atoms with Crippen LogP contribution in [0.25, 0.3) is 0 Å². The van der Waals surface area contributed by atoms with Gasteiger partial charge in [-0.15, -0.1) is 0 Å². The summed E-state index contributed by atoms with van der Waals surface area (Å²) in [6.07, 6.45) is 2.34. The highest BCUT2D eigenvalue weighted by molar-refractivity contribution is 8.00. The van der Waals surface area contributed by atoms with Crippen LogP contribution >= 0.6 is 34.9 Å². The largest absolute Gasteiger partial charge is 0.341 e. The number of nitrogens with zero attached hydrogens (tertiary/aromatic N) is 6. The summed E-state index contributed by atoms with van der Waals surface area (Å²) in [6, 6.07) is 0. The van der Waals surface area contributed by atoms with Crippen LogP contribution in [-0.4, -0.2) is 37.4 Å². The van der Waals surface area contributed by atoms with Crippen LogP contribution in [0.15, 0.2) is 9.50 Å². The Hall–Kier alpha value is -0.990. The number of hydrogen-bond donors (Lipinski definition) is 0. The maximum absolute atomic E-state index is 5.97.